The molecule has 2 aliphatic carbocycles. The molecule has 0 unspecified atom stereocenters. The van der Waals surface area contributed by atoms with E-state index in [1.165, 1.54) is 0 Å². The number of aryl methyl sites for hydroxylation is 1. The van der Waals surface area contributed by atoms with Crippen LogP contribution in [0.15, 0.2) is 18.3 Å². The minimum absolute atomic E-state index is 0.0514. The number of hydrogen-bond donors (Lipinski definition) is 0. The van der Waals surface area contributed by atoms with Gasteiger partial charge in [0.25, 0.3) is 0 Å². The van der Waals surface area contributed by atoms with E-state index in [1.807, 2.05) is 12.3 Å². The topological polar surface area (TPSA) is 49.8 Å². The summed E-state index contributed by atoms with van der Waals surface area (Å²) in [5.41, 5.74) is 0.988. The van der Waals surface area contributed by atoms with Crippen molar-refractivity contribution in [1.82, 2.24) is 4.98 Å². The Bertz CT molecular complexity index is 635. The second-order valence-electron chi connectivity index (χ2n) is 10.8. The summed E-state index contributed by atoms with van der Waals surface area (Å²) < 4.78 is 23.9. The zero-order valence-corrected chi connectivity index (χ0v) is 19.8. The Kier molecular flexibility index (Phi) is 7.81. The molecule has 2 aliphatic rings. The quantitative estimate of drug-likeness (QED) is 0.469. The molecule has 0 radical (unpaired) electrons. The number of aromatic nitrogens is 1. The molecule has 0 amide bonds. The highest BCUT2D eigenvalue weighted by Gasteiger charge is 2.35. The predicted molar refractivity (Wildman–Crippen MR) is 119 cm³/mol. The molecule has 2 fully saturated rings. The zero-order chi connectivity index (χ0) is 21.8. The number of nitrogens with zero attached hydrogens (tertiary/aromatic N) is 1. The number of pyridine rings is 1. The summed E-state index contributed by atoms with van der Waals surface area (Å²) in [7, 11) is 0. The second kappa shape index (κ2) is 9.97. The van der Waals surface area contributed by atoms with Gasteiger partial charge in [-0.2, -0.15) is 0 Å². The molecule has 0 saturated heterocycles. The largest absolute Gasteiger partial charge is 0.489 e. The van der Waals surface area contributed by atoms with Gasteiger partial charge in [0.2, 0.25) is 0 Å². The summed E-state index contributed by atoms with van der Waals surface area (Å²) >= 11 is 0. The van der Waals surface area contributed by atoms with E-state index in [-0.39, 0.29) is 17.3 Å². The third-order valence-corrected chi connectivity index (χ3v) is 5.42. The Morgan fingerprint density at radius 3 is 1.93 bits per heavy atom. The van der Waals surface area contributed by atoms with Crippen molar-refractivity contribution in [3.8, 4) is 5.75 Å². The van der Waals surface area contributed by atoms with Gasteiger partial charge in [0.05, 0.1) is 35.7 Å². The van der Waals surface area contributed by atoms with E-state index >= 15 is 0 Å². The van der Waals surface area contributed by atoms with Gasteiger partial charge < -0.3 is 18.9 Å². The fourth-order valence-electron chi connectivity index (χ4n) is 3.94. The smallest absolute Gasteiger partial charge is 0.138 e. The highest BCUT2D eigenvalue weighted by Crippen LogP contribution is 2.31. The van der Waals surface area contributed by atoms with Crippen LogP contribution in [0.1, 0.15) is 85.8 Å². The van der Waals surface area contributed by atoms with Crippen molar-refractivity contribution in [1.29, 1.82) is 0 Å². The van der Waals surface area contributed by atoms with Crippen molar-refractivity contribution in [3.63, 3.8) is 0 Å². The molecule has 2 saturated carbocycles. The van der Waals surface area contributed by atoms with E-state index < -0.39 is 0 Å². The molecule has 5 heteroatoms. The van der Waals surface area contributed by atoms with Gasteiger partial charge in [0.15, 0.2) is 0 Å². The summed E-state index contributed by atoms with van der Waals surface area (Å²) in [6, 6.07) is 4.12. The summed E-state index contributed by atoms with van der Waals surface area (Å²) in [5.74, 6) is 0.860. The first-order valence-electron chi connectivity index (χ1n) is 11.6. The van der Waals surface area contributed by atoms with Gasteiger partial charge >= 0.3 is 0 Å². The molecule has 0 spiro atoms. The van der Waals surface area contributed by atoms with Crippen molar-refractivity contribution in [3.05, 3.63) is 24.0 Å². The van der Waals surface area contributed by atoms with Crippen molar-refractivity contribution in [2.75, 3.05) is 6.61 Å². The highest BCUT2D eigenvalue weighted by molar-refractivity contribution is 5.20. The third-order valence-electron chi connectivity index (χ3n) is 5.42. The molecule has 0 N–H and O–H groups in total. The molecule has 30 heavy (non-hydrogen) atoms. The van der Waals surface area contributed by atoms with Gasteiger partial charge in [-0.25, -0.2) is 0 Å². The average Bonchev–Trinajstić information content (AvgIpc) is 2.56. The van der Waals surface area contributed by atoms with E-state index in [9.17, 15) is 0 Å². The van der Waals surface area contributed by atoms with E-state index in [2.05, 4.69) is 52.6 Å². The van der Waals surface area contributed by atoms with E-state index in [0.29, 0.717) is 18.3 Å². The summed E-state index contributed by atoms with van der Waals surface area (Å²) in [6.45, 7) is 13.5. The summed E-state index contributed by atoms with van der Waals surface area (Å²) in [5, 5.41) is 0. The maximum absolute atomic E-state index is 6.00. The molecule has 0 aliphatic heterocycles. The van der Waals surface area contributed by atoms with Gasteiger partial charge in [-0.05, 0) is 85.8 Å². The molecule has 1 heterocycles. The molecular weight excluding hydrogens is 378 g/mol. The van der Waals surface area contributed by atoms with Crippen LogP contribution in [0.2, 0.25) is 0 Å². The van der Waals surface area contributed by atoms with Crippen LogP contribution >= 0.6 is 0 Å². The Hall–Kier alpha value is -1.17. The lowest BCUT2D eigenvalue weighted by Crippen LogP contribution is -2.43. The first-order valence-corrected chi connectivity index (χ1v) is 11.6. The lowest BCUT2D eigenvalue weighted by molar-refractivity contribution is -0.148. The second-order valence-corrected chi connectivity index (χ2v) is 10.8. The standard InChI is InChI=1S/C25H41NO4/c1-24(2,3)29-22-13-20(14-22)27-12-8-7-9-18-10-11-19(17-26-18)28-21-15-23(16-21)30-25(4,5)6/h10-11,17,20-23H,7-9,12-16H2,1-6H3. The molecule has 0 bridgehead atoms. The van der Waals surface area contributed by atoms with Gasteiger partial charge in [0.1, 0.15) is 11.9 Å². The highest BCUT2D eigenvalue weighted by atomic mass is 16.5. The molecule has 1 aromatic rings. The van der Waals surface area contributed by atoms with Crippen molar-refractivity contribution in [2.24, 2.45) is 0 Å². The van der Waals surface area contributed by atoms with Crippen LogP contribution in [0, 0.1) is 0 Å². The lowest BCUT2D eigenvalue weighted by Gasteiger charge is -2.39. The maximum atomic E-state index is 6.00. The number of ether oxygens (including phenoxy) is 4. The molecule has 1 aromatic heterocycles. The molecule has 0 aromatic carbocycles. The number of hydrogen-bond acceptors (Lipinski definition) is 5. The number of unbranched alkanes of at least 4 members (excludes halogenated alkanes) is 1. The van der Waals surface area contributed by atoms with Crippen LogP contribution in [0.5, 0.6) is 5.75 Å². The Morgan fingerprint density at radius 2 is 1.40 bits per heavy atom. The summed E-state index contributed by atoms with van der Waals surface area (Å²) in [4.78, 5) is 4.56. The van der Waals surface area contributed by atoms with Gasteiger partial charge in [-0.3, -0.25) is 4.98 Å². The van der Waals surface area contributed by atoms with Crippen molar-refractivity contribution < 1.29 is 18.9 Å². The molecule has 5 nitrogen and oxygen atoms in total. The monoisotopic (exact) mass is 419 g/mol. The predicted octanol–water partition coefficient (Wildman–Crippen LogP) is 5.49. The fraction of sp³-hybridized carbons (Fsp3) is 0.800. The fourth-order valence-corrected chi connectivity index (χ4v) is 3.94. The van der Waals surface area contributed by atoms with Crippen LogP contribution in [-0.4, -0.2) is 47.2 Å². The van der Waals surface area contributed by atoms with Gasteiger partial charge in [-0.15, -0.1) is 0 Å². The molecule has 0 atom stereocenters. The van der Waals surface area contributed by atoms with Crippen LogP contribution in [0.25, 0.3) is 0 Å². The molecule has 170 valence electrons. The summed E-state index contributed by atoms with van der Waals surface area (Å²) in [6.07, 6.45) is 10.3. The molecular formula is C25H41NO4. The number of rotatable bonds is 10. The normalized spacial score (nSPS) is 26.7. The van der Waals surface area contributed by atoms with E-state index in [1.54, 1.807) is 0 Å². The Balaban J connectivity index is 1.22. The average molecular weight is 420 g/mol. The third kappa shape index (κ3) is 8.16. The van der Waals surface area contributed by atoms with Gasteiger partial charge in [-0.1, -0.05) is 0 Å². The Labute approximate surface area is 182 Å². The maximum Gasteiger partial charge on any atom is 0.138 e. The lowest BCUT2D eigenvalue weighted by atomic mass is 9.91. The minimum Gasteiger partial charge on any atom is -0.489 e. The van der Waals surface area contributed by atoms with E-state index in [0.717, 1.165) is 63.0 Å². The van der Waals surface area contributed by atoms with Crippen LogP contribution in [0.4, 0.5) is 0 Å². The minimum atomic E-state index is -0.0785. The van der Waals surface area contributed by atoms with E-state index in [4.69, 9.17) is 18.9 Å². The first kappa shape index (κ1) is 23.5. The zero-order valence-electron chi connectivity index (χ0n) is 19.8. The Morgan fingerprint density at radius 1 is 0.800 bits per heavy atom. The van der Waals surface area contributed by atoms with Gasteiger partial charge in [0, 0.05) is 25.1 Å². The van der Waals surface area contributed by atoms with Crippen molar-refractivity contribution >= 4 is 0 Å². The van der Waals surface area contributed by atoms with Crippen LogP contribution in [0.3, 0.4) is 0 Å². The van der Waals surface area contributed by atoms with Crippen molar-refractivity contribution in [2.45, 2.75) is 122 Å². The molecule has 3 rings (SSSR count). The SMILES string of the molecule is CC(C)(C)OC1CC(OCCCCc2ccc(OC3CC(OC(C)(C)C)C3)cn2)C1. The first-order chi connectivity index (χ1) is 14.1. The van der Waals surface area contributed by atoms with Crippen LogP contribution < -0.4 is 4.74 Å². The van der Waals surface area contributed by atoms with Crippen LogP contribution in [-0.2, 0) is 20.6 Å².